The van der Waals surface area contributed by atoms with Gasteiger partial charge in [-0.1, -0.05) is 23.9 Å². The van der Waals surface area contributed by atoms with E-state index in [1.165, 1.54) is 30.3 Å². The van der Waals surface area contributed by atoms with E-state index >= 15 is 0 Å². The van der Waals surface area contributed by atoms with Crippen LogP contribution in [0.4, 0.5) is 10.1 Å². The molecule has 0 aliphatic carbocycles. The molecule has 1 aromatic heterocycles. The number of amides is 1. The van der Waals surface area contributed by atoms with Crippen LogP contribution in [0.3, 0.4) is 0 Å². The summed E-state index contributed by atoms with van der Waals surface area (Å²) in [5.74, 6) is -0.451. The molecule has 0 fully saturated rings. The minimum Gasteiger partial charge on any atom is -0.325 e. The zero-order chi connectivity index (χ0) is 22.6. The Morgan fingerprint density at radius 2 is 1.77 bits per heavy atom. The fraction of sp³-hybridized carbons (Fsp3) is 0.250. The standard InChI is InChI=1S/C20H22FN5O3S2/c1-12(2)26-31(28,29)15-10-8-14(9-11-15)22-19(27)13(3)30-20-23-18(24-25-20)16-6-4-5-7-17(16)21/h4-13,26H,1-3H3,(H,22,27)(H,23,24,25). The molecule has 0 radical (unpaired) electrons. The first-order chi connectivity index (χ1) is 14.7. The lowest BCUT2D eigenvalue weighted by Gasteiger charge is -2.12. The van der Waals surface area contributed by atoms with Gasteiger partial charge in [-0.2, -0.15) is 0 Å². The molecule has 11 heteroatoms. The predicted octanol–water partition coefficient (Wildman–Crippen LogP) is 3.42. The van der Waals surface area contributed by atoms with Gasteiger partial charge in [-0.3, -0.25) is 9.89 Å². The van der Waals surface area contributed by atoms with E-state index in [1.807, 2.05) is 0 Å². The Morgan fingerprint density at radius 1 is 1.10 bits per heavy atom. The lowest BCUT2D eigenvalue weighted by Crippen LogP contribution is -2.30. The Hall–Kier alpha value is -2.76. The van der Waals surface area contributed by atoms with Crippen LogP contribution in [0.15, 0.2) is 58.6 Å². The van der Waals surface area contributed by atoms with E-state index in [9.17, 15) is 17.6 Å². The molecule has 0 aliphatic rings. The zero-order valence-electron chi connectivity index (χ0n) is 17.1. The normalized spacial score (nSPS) is 12.7. The maximum atomic E-state index is 13.9. The lowest BCUT2D eigenvalue weighted by molar-refractivity contribution is -0.115. The van der Waals surface area contributed by atoms with Gasteiger partial charge >= 0.3 is 0 Å². The van der Waals surface area contributed by atoms with E-state index in [2.05, 4.69) is 25.2 Å². The lowest BCUT2D eigenvalue weighted by atomic mass is 10.2. The van der Waals surface area contributed by atoms with Gasteiger partial charge in [0.2, 0.25) is 21.1 Å². The summed E-state index contributed by atoms with van der Waals surface area (Å²) in [5.41, 5.74) is 0.754. The monoisotopic (exact) mass is 463 g/mol. The fourth-order valence-corrected chi connectivity index (χ4v) is 4.60. The SMILES string of the molecule is CC(C)NS(=O)(=O)c1ccc(NC(=O)C(C)Sc2n[nH]c(-c3ccccc3F)n2)cc1. The molecule has 2 aromatic carbocycles. The summed E-state index contributed by atoms with van der Waals surface area (Å²) in [7, 11) is -3.60. The van der Waals surface area contributed by atoms with Crippen LogP contribution in [0.2, 0.25) is 0 Å². The van der Waals surface area contributed by atoms with Crippen LogP contribution in [-0.4, -0.2) is 40.8 Å². The number of aromatic amines is 1. The maximum Gasteiger partial charge on any atom is 0.240 e. The van der Waals surface area contributed by atoms with Crippen molar-refractivity contribution in [3.8, 4) is 11.4 Å². The Kier molecular flexibility index (Phi) is 7.08. The van der Waals surface area contributed by atoms with Gasteiger partial charge in [0, 0.05) is 11.7 Å². The highest BCUT2D eigenvalue weighted by Crippen LogP contribution is 2.25. The molecular weight excluding hydrogens is 441 g/mol. The summed E-state index contributed by atoms with van der Waals surface area (Å²) in [5, 5.41) is 9.20. The summed E-state index contributed by atoms with van der Waals surface area (Å²) >= 11 is 1.11. The van der Waals surface area contributed by atoms with Crippen molar-refractivity contribution < 1.29 is 17.6 Å². The third-order valence-electron chi connectivity index (χ3n) is 4.07. The number of nitrogens with zero attached hydrogens (tertiary/aromatic N) is 2. The first kappa shape index (κ1) is 22.9. The number of nitrogens with one attached hydrogen (secondary N) is 3. The molecule has 3 rings (SSSR count). The molecule has 0 aliphatic heterocycles. The number of rotatable bonds is 8. The number of aromatic nitrogens is 3. The fourth-order valence-electron chi connectivity index (χ4n) is 2.62. The van der Waals surface area contributed by atoms with Gasteiger partial charge < -0.3 is 5.32 Å². The molecule has 1 heterocycles. The Balaban J connectivity index is 1.62. The van der Waals surface area contributed by atoms with E-state index in [-0.39, 0.29) is 22.7 Å². The highest BCUT2D eigenvalue weighted by Gasteiger charge is 2.19. The average molecular weight is 464 g/mol. The summed E-state index contributed by atoms with van der Waals surface area (Å²) in [6.07, 6.45) is 0. The highest BCUT2D eigenvalue weighted by atomic mass is 32.2. The summed E-state index contributed by atoms with van der Waals surface area (Å²) in [6.45, 7) is 5.15. The van der Waals surface area contributed by atoms with Crippen molar-refractivity contribution in [2.24, 2.45) is 0 Å². The molecule has 1 unspecified atom stereocenters. The van der Waals surface area contributed by atoms with Crippen molar-refractivity contribution in [3.63, 3.8) is 0 Å². The molecule has 0 bridgehead atoms. The topological polar surface area (TPSA) is 117 Å². The Bertz CT molecular complexity index is 1160. The number of sulfonamides is 1. The molecule has 8 nitrogen and oxygen atoms in total. The number of carbonyl (C=O) groups is 1. The number of anilines is 1. The van der Waals surface area contributed by atoms with E-state index in [1.54, 1.807) is 39.0 Å². The number of hydrogen-bond acceptors (Lipinski definition) is 6. The van der Waals surface area contributed by atoms with Crippen LogP contribution in [-0.2, 0) is 14.8 Å². The second-order valence-corrected chi connectivity index (χ2v) is 10.0. The molecule has 0 saturated heterocycles. The van der Waals surface area contributed by atoms with Gasteiger partial charge in [-0.05, 0) is 57.2 Å². The highest BCUT2D eigenvalue weighted by molar-refractivity contribution is 8.00. The molecule has 1 amide bonds. The van der Waals surface area contributed by atoms with Crippen LogP contribution in [0.25, 0.3) is 11.4 Å². The summed E-state index contributed by atoms with van der Waals surface area (Å²) in [4.78, 5) is 16.8. The largest absolute Gasteiger partial charge is 0.325 e. The molecule has 1 atom stereocenters. The van der Waals surface area contributed by atoms with Crippen LogP contribution in [0.5, 0.6) is 0 Å². The van der Waals surface area contributed by atoms with E-state index in [0.717, 1.165) is 11.8 Å². The van der Waals surface area contributed by atoms with E-state index in [4.69, 9.17) is 0 Å². The average Bonchev–Trinajstić information content (AvgIpc) is 3.16. The predicted molar refractivity (Wildman–Crippen MR) is 118 cm³/mol. The van der Waals surface area contributed by atoms with Crippen molar-refractivity contribution in [2.75, 3.05) is 5.32 Å². The molecule has 3 aromatic rings. The molecule has 164 valence electrons. The Labute approximate surface area is 184 Å². The van der Waals surface area contributed by atoms with Gasteiger partial charge in [-0.15, -0.1) is 5.10 Å². The first-order valence-corrected chi connectivity index (χ1v) is 11.8. The third kappa shape index (κ3) is 5.90. The summed E-state index contributed by atoms with van der Waals surface area (Å²) < 4.78 is 40.7. The van der Waals surface area contributed by atoms with Crippen LogP contribution >= 0.6 is 11.8 Å². The number of H-pyrrole nitrogens is 1. The number of thioether (sulfide) groups is 1. The second-order valence-electron chi connectivity index (χ2n) is 7.00. The van der Waals surface area contributed by atoms with Gasteiger partial charge in [0.25, 0.3) is 0 Å². The second kappa shape index (κ2) is 9.58. The molecule has 31 heavy (non-hydrogen) atoms. The van der Waals surface area contributed by atoms with Gasteiger partial charge in [-0.25, -0.2) is 22.5 Å². The van der Waals surface area contributed by atoms with Crippen molar-refractivity contribution in [2.45, 2.75) is 42.1 Å². The van der Waals surface area contributed by atoms with E-state index in [0.29, 0.717) is 16.4 Å². The number of hydrogen-bond donors (Lipinski definition) is 3. The van der Waals surface area contributed by atoms with Crippen molar-refractivity contribution >= 4 is 33.4 Å². The third-order valence-corrected chi connectivity index (χ3v) is 6.70. The first-order valence-electron chi connectivity index (χ1n) is 9.43. The minimum atomic E-state index is -3.60. The minimum absolute atomic E-state index is 0.114. The van der Waals surface area contributed by atoms with Gasteiger partial charge in [0.05, 0.1) is 15.7 Å². The molecule has 0 saturated carbocycles. The van der Waals surface area contributed by atoms with Crippen molar-refractivity contribution in [3.05, 3.63) is 54.3 Å². The number of halogens is 1. The zero-order valence-corrected chi connectivity index (χ0v) is 18.7. The van der Waals surface area contributed by atoms with E-state index < -0.39 is 21.1 Å². The van der Waals surface area contributed by atoms with Crippen LogP contribution < -0.4 is 10.0 Å². The van der Waals surface area contributed by atoms with Crippen molar-refractivity contribution in [1.29, 1.82) is 0 Å². The maximum absolute atomic E-state index is 13.9. The Morgan fingerprint density at radius 3 is 2.42 bits per heavy atom. The summed E-state index contributed by atoms with van der Waals surface area (Å²) in [6, 6.07) is 11.9. The molecular formula is C20H22FN5O3S2. The van der Waals surface area contributed by atoms with Crippen molar-refractivity contribution in [1.82, 2.24) is 19.9 Å². The smallest absolute Gasteiger partial charge is 0.240 e. The quantitative estimate of drug-likeness (QED) is 0.441. The van der Waals surface area contributed by atoms with Crippen LogP contribution in [0, 0.1) is 5.82 Å². The number of carbonyl (C=O) groups excluding carboxylic acids is 1. The van der Waals surface area contributed by atoms with Gasteiger partial charge in [0.15, 0.2) is 5.82 Å². The number of benzene rings is 2. The van der Waals surface area contributed by atoms with Gasteiger partial charge in [0.1, 0.15) is 5.82 Å². The molecule has 0 spiro atoms. The molecule has 3 N–H and O–H groups in total. The van der Waals surface area contributed by atoms with Crippen LogP contribution in [0.1, 0.15) is 20.8 Å².